The maximum Gasteiger partial charge on any atom is 0.266 e. The first-order chi connectivity index (χ1) is 16.1. The third kappa shape index (κ3) is 4.60. The summed E-state index contributed by atoms with van der Waals surface area (Å²) in [7, 11) is 0. The normalized spacial score (nSPS) is 12.0. The van der Waals surface area contributed by atoms with Gasteiger partial charge in [0.2, 0.25) is 0 Å². The summed E-state index contributed by atoms with van der Waals surface area (Å²) in [5, 5.41) is 9.82. The van der Waals surface area contributed by atoms with Gasteiger partial charge in [0.25, 0.3) is 11.3 Å². The Labute approximate surface area is 201 Å². The molecule has 33 heavy (non-hydrogen) atoms. The van der Waals surface area contributed by atoms with E-state index in [1.807, 2.05) is 60.7 Å². The minimum atomic E-state index is -2.25. The molecule has 0 fully saturated rings. The zero-order chi connectivity index (χ0) is 22.8. The molecule has 162 valence electrons. The van der Waals surface area contributed by atoms with E-state index in [0.717, 1.165) is 36.8 Å². The van der Waals surface area contributed by atoms with Gasteiger partial charge in [0.15, 0.2) is 4.34 Å². The Kier molecular flexibility index (Phi) is 6.07. The molecule has 1 atom stereocenters. The van der Waals surface area contributed by atoms with Crippen LogP contribution in [-0.4, -0.2) is 18.7 Å². The van der Waals surface area contributed by atoms with Gasteiger partial charge in [-0.25, -0.2) is 13.5 Å². The molecular weight excluding hydrogens is 472 g/mol. The molecule has 0 aliphatic heterocycles. The molecule has 1 N–H and O–H groups in total. The van der Waals surface area contributed by atoms with Gasteiger partial charge in [-0.3, -0.25) is 9.54 Å². The van der Waals surface area contributed by atoms with Gasteiger partial charge in [-0.2, -0.15) is 5.26 Å². The third-order valence-corrected chi connectivity index (χ3v) is 7.98. The highest BCUT2D eigenvalue weighted by Gasteiger charge is 2.17. The molecule has 9 heteroatoms. The van der Waals surface area contributed by atoms with Crippen molar-refractivity contribution in [1.82, 2.24) is 9.97 Å². The summed E-state index contributed by atoms with van der Waals surface area (Å²) >= 11 is 0.927. The first kappa shape index (κ1) is 21.6. The number of hydrogen-bond donors (Lipinski definition) is 1. The van der Waals surface area contributed by atoms with Gasteiger partial charge in [0.05, 0.1) is 38.7 Å². The predicted molar refractivity (Wildman–Crippen MR) is 135 cm³/mol. The number of nitrogens with zero attached hydrogens (tertiary/aromatic N) is 4. The van der Waals surface area contributed by atoms with Crippen LogP contribution >= 0.6 is 23.1 Å². The number of anilines is 2. The molecule has 6 nitrogen and oxygen atoms in total. The van der Waals surface area contributed by atoms with Gasteiger partial charge >= 0.3 is 0 Å². The molecule has 5 rings (SSSR count). The van der Waals surface area contributed by atoms with Gasteiger partial charge in [0.1, 0.15) is 0 Å². The molecule has 0 bridgehead atoms. The van der Waals surface area contributed by atoms with E-state index in [0.29, 0.717) is 16.9 Å². The number of fused-ring (bicyclic) bond motifs is 2. The predicted octanol–water partition coefficient (Wildman–Crippen LogP) is 6.28. The molecule has 0 saturated carbocycles. The smallest absolute Gasteiger partial charge is 0.266 e. The summed E-state index contributed by atoms with van der Waals surface area (Å²) in [5.41, 5.74) is 4.65. The van der Waals surface area contributed by atoms with Crippen LogP contribution < -0.4 is 4.31 Å². The van der Waals surface area contributed by atoms with Crippen molar-refractivity contribution in [2.45, 2.75) is 10.1 Å². The van der Waals surface area contributed by atoms with Crippen molar-refractivity contribution in [2.24, 2.45) is 0 Å². The Balaban J connectivity index is 1.42. The summed E-state index contributed by atoms with van der Waals surface area (Å²) in [4.78, 5) is 9.00. The van der Waals surface area contributed by atoms with E-state index in [-0.39, 0.29) is 0 Å². The average molecular weight is 489 g/mol. The zero-order valence-corrected chi connectivity index (χ0v) is 19.5. The number of nitriles is 1. The number of pyridine rings is 1. The number of benzene rings is 3. The van der Waals surface area contributed by atoms with Gasteiger partial charge in [-0.05, 0) is 60.2 Å². The molecular formula is C24H16N4O2S3. The fourth-order valence-electron chi connectivity index (χ4n) is 3.42. The highest BCUT2D eigenvalue weighted by atomic mass is 32.2. The van der Waals surface area contributed by atoms with Crippen LogP contribution in [-0.2, 0) is 17.0 Å². The molecule has 5 aromatic rings. The Bertz CT molecular complexity index is 1530. The zero-order valence-electron chi connectivity index (χ0n) is 17.1. The fourth-order valence-corrected chi connectivity index (χ4v) is 6.06. The second-order valence-electron chi connectivity index (χ2n) is 7.13. The van der Waals surface area contributed by atoms with Crippen LogP contribution in [0.5, 0.6) is 0 Å². The molecule has 0 radical (unpaired) electrons. The van der Waals surface area contributed by atoms with Gasteiger partial charge in [-0.1, -0.05) is 30.0 Å². The van der Waals surface area contributed by atoms with Crippen molar-refractivity contribution in [3.05, 3.63) is 90.1 Å². The van der Waals surface area contributed by atoms with Gasteiger partial charge in [0, 0.05) is 17.3 Å². The van der Waals surface area contributed by atoms with Crippen LogP contribution in [0.15, 0.2) is 83.3 Å². The van der Waals surface area contributed by atoms with E-state index in [1.54, 1.807) is 41.4 Å². The summed E-state index contributed by atoms with van der Waals surface area (Å²) in [6.07, 6.45) is 1.72. The van der Waals surface area contributed by atoms with E-state index in [9.17, 15) is 8.76 Å². The highest BCUT2D eigenvalue weighted by molar-refractivity contribution is 8.00. The molecule has 0 spiro atoms. The summed E-state index contributed by atoms with van der Waals surface area (Å²) in [5.74, 6) is 0.746. The van der Waals surface area contributed by atoms with Crippen molar-refractivity contribution < 1.29 is 8.76 Å². The van der Waals surface area contributed by atoms with Crippen molar-refractivity contribution in [2.75, 3.05) is 4.31 Å². The molecule has 2 aromatic heterocycles. The number of hydrogen-bond acceptors (Lipinski definition) is 6. The van der Waals surface area contributed by atoms with Gasteiger partial charge in [-0.15, -0.1) is 11.3 Å². The van der Waals surface area contributed by atoms with Crippen molar-refractivity contribution in [1.29, 1.82) is 5.26 Å². The lowest BCUT2D eigenvalue weighted by molar-refractivity contribution is 0.564. The average Bonchev–Trinajstić information content (AvgIpc) is 3.25. The molecule has 0 saturated heterocycles. The molecule has 1 unspecified atom stereocenters. The molecule has 2 heterocycles. The monoisotopic (exact) mass is 488 g/mol. The van der Waals surface area contributed by atoms with Crippen molar-refractivity contribution >= 4 is 66.9 Å². The Morgan fingerprint density at radius 2 is 1.79 bits per heavy atom. The SMILES string of the molecule is N#Cc1ccc(CSc2nc3ccc(N(c4ccc5ncccc5c4)S(=O)O)cc3s2)cc1. The minimum Gasteiger partial charge on any atom is -0.289 e. The number of thiazole rings is 1. The number of thioether (sulfide) groups is 1. The highest BCUT2D eigenvalue weighted by Crippen LogP contribution is 2.36. The second kappa shape index (κ2) is 9.29. The first-order valence-electron chi connectivity index (χ1n) is 9.89. The van der Waals surface area contributed by atoms with Crippen LogP contribution in [0.25, 0.3) is 21.1 Å². The van der Waals surface area contributed by atoms with E-state index in [1.165, 1.54) is 4.31 Å². The summed E-state index contributed by atoms with van der Waals surface area (Å²) in [6, 6.07) is 24.5. The standard InChI is InChI=1S/C24H16N4O2S3/c25-14-16-3-5-17(6-4-16)15-31-24-27-22-10-8-20(13-23(22)32-24)28(33(29)30)19-7-9-21-18(12-19)2-1-11-26-21/h1-13H,15H2,(H,29,30). The van der Waals surface area contributed by atoms with E-state index in [2.05, 4.69) is 16.0 Å². The van der Waals surface area contributed by atoms with Crippen molar-refractivity contribution in [3.8, 4) is 6.07 Å². The Morgan fingerprint density at radius 3 is 2.55 bits per heavy atom. The molecule has 0 aliphatic carbocycles. The molecule has 0 aliphatic rings. The number of aromatic nitrogens is 2. The largest absolute Gasteiger partial charge is 0.289 e. The van der Waals surface area contributed by atoms with E-state index in [4.69, 9.17) is 5.26 Å². The van der Waals surface area contributed by atoms with E-state index >= 15 is 0 Å². The van der Waals surface area contributed by atoms with Crippen LogP contribution in [0.2, 0.25) is 0 Å². The maximum absolute atomic E-state index is 12.3. The van der Waals surface area contributed by atoms with Crippen LogP contribution in [0.4, 0.5) is 11.4 Å². The Morgan fingerprint density at radius 1 is 1.03 bits per heavy atom. The van der Waals surface area contributed by atoms with Crippen LogP contribution in [0.1, 0.15) is 11.1 Å². The summed E-state index contributed by atoms with van der Waals surface area (Å²) in [6.45, 7) is 0. The first-order valence-corrected chi connectivity index (χ1v) is 12.8. The molecule has 3 aromatic carbocycles. The quantitative estimate of drug-likeness (QED) is 0.223. The third-order valence-electron chi connectivity index (χ3n) is 5.01. The second-order valence-corrected chi connectivity index (χ2v) is 10.2. The maximum atomic E-state index is 12.3. The molecule has 0 amide bonds. The lowest BCUT2D eigenvalue weighted by Crippen LogP contribution is -2.19. The van der Waals surface area contributed by atoms with Crippen LogP contribution in [0, 0.1) is 11.3 Å². The summed E-state index contributed by atoms with van der Waals surface area (Å²) < 4.78 is 25.6. The lowest BCUT2D eigenvalue weighted by atomic mass is 10.2. The fraction of sp³-hybridized carbons (Fsp3) is 0.0417. The van der Waals surface area contributed by atoms with Gasteiger partial charge < -0.3 is 0 Å². The van der Waals surface area contributed by atoms with Crippen LogP contribution in [0.3, 0.4) is 0 Å². The van der Waals surface area contributed by atoms with E-state index < -0.39 is 11.3 Å². The Hall–Kier alpha value is -3.29. The lowest BCUT2D eigenvalue weighted by Gasteiger charge is -2.20. The number of rotatable bonds is 6. The topological polar surface area (TPSA) is 90.1 Å². The van der Waals surface area contributed by atoms with Crippen molar-refractivity contribution in [3.63, 3.8) is 0 Å². The minimum absolute atomic E-state index is 0.607.